The van der Waals surface area contributed by atoms with Crippen LogP contribution in [0.1, 0.15) is 26.2 Å². The summed E-state index contributed by atoms with van der Waals surface area (Å²) < 4.78 is 16.0. The van der Waals surface area contributed by atoms with Crippen molar-refractivity contribution in [2.75, 3.05) is 33.5 Å². The van der Waals surface area contributed by atoms with E-state index in [4.69, 9.17) is 19.0 Å². The number of hydrogen-bond donors (Lipinski definition) is 3. The fourth-order valence-corrected chi connectivity index (χ4v) is 1.87. The number of alkyl carbamates (subject to hydrolysis) is 1. The lowest BCUT2D eigenvalue weighted by atomic mass is 10.3. The lowest BCUT2D eigenvalue weighted by molar-refractivity contribution is -0.146. The van der Waals surface area contributed by atoms with Crippen molar-refractivity contribution in [1.82, 2.24) is 10.0 Å². The van der Waals surface area contributed by atoms with Crippen molar-refractivity contribution in [2.24, 2.45) is 0 Å². The standard InChI is InChI=1S/C16H26N2O8/c1-3-12(11-25-16(22)17-8-10-23-2)24-9-4-5-15(21)26-18-13(19)6-7-14(18)20/h6-7,12,19-20H,3-5,8-11H2,1-2H3,(H,17,22). The molecular weight excluding hydrogens is 348 g/mol. The summed E-state index contributed by atoms with van der Waals surface area (Å²) in [6.45, 7) is 3.03. The average molecular weight is 374 g/mol. The molecule has 0 spiro atoms. The molecule has 0 aromatic carbocycles. The van der Waals surface area contributed by atoms with Crippen LogP contribution in [0.5, 0.6) is 11.8 Å². The molecule has 1 atom stereocenters. The SMILES string of the molecule is CCC(COC(=O)NCCOC)OCCCC(=O)On1c(O)ccc1O. The van der Waals surface area contributed by atoms with E-state index < -0.39 is 12.1 Å². The predicted molar refractivity (Wildman–Crippen MR) is 89.8 cm³/mol. The van der Waals surface area contributed by atoms with Gasteiger partial charge in [0.2, 0.25) is 11.8 Å². The fourth-order valence-electron chi connectivity index (χ4n) is 1.87. The van der Waals surface area contributed by atoms with Crippen molar-refractivity contribution < 1.29 is 38.9 Å². The summed E-state index contributed by atoms with van der Waals surface area (Å²) in [6, 6.07) is 2.39. The number of hydrogen-bond acceptors (Lipinski definition) is 8. The summed E-state index contributed by atoms with van der Waals surface area (Å²) in [7, 11) is 1.54. The van der Waals surface area contributed by atoms with E-state index in [1.807, 2.05) is 6.92 Å². The largest absolute Gasteiger partial charge is 0.492 e. The summed E-state index contributed by atoms with van der Waals surface area (Å²) in [6.07, 6.45) is 0.223. The number of nitrogens with one attached hydrogen (secondary N) is 1. The number of nitrogens with zero attached hydrogens (tertiary/aromatic N) is 1. The third-order valence-electron chi connectivity index (χ3n) is 3.30. The minimum absolute atomic E-state index is 0.0336. The van der Waals surface area contributed by atoms with E-state index in [1.54, 1.807) is 0 Å². The maximum Gasteiger partial charge on any atom is 0.407 e. The molecule has 1 unspecified atom stereocenters. The first-order chi connectivity index (χ1) is 12.5. The van der Waals surface area contributed by atoms with Crippen LogP contribution in [0.25, 0.3) is 0 Å². The molecule has 0 aliphatic rings. The molecule has 1 aromatic heterocycles. The van der Waals surface area contributed by atoms with Crippen LogP contribution in [0.4, 0.5) is 4.79 Å². The second kappa shape index (κ2) is 12.0. The Hall–Kier alpha value is -2.46. The molecule has 0 aliphatic carbocycles. The normalized spacial score (nSPS) is 11.8. The number of amides is 1. The van der Waals surface area contributed by atoms with E-state index in [0.29, 0.717) is 30.7 Å². The number of rotatable bonds is 12. The highest BCUT2D eigenvalue weighted by atomic mass is 16.7. The summed E-state index contributed by atoms with van der Waals surface area (Å²) >= 11 is 0. The van der Waals surface area contributed by atoms with Gasteiger partial charge in [-0.15, -0.1) is 4.73 Å². The summed E-state index contributed by atoms with van der Waals surface area (Å²) in [4.78, 5) is 27.9. The van der Waals surface area contributed by atoms with Crippen molar-refractivity contribution >= 4 is 12.1 Å². The van der Waals surface area contributed by atoms with Gasteiger partial charge >= 0.3 is 12.1 Å². The maximum absolute atomic E-state index is 11.7. The van der Waals surface area contributed by atoms with Crippen molar-refractivity contribution in [3.8, 4) is 11.8 Å². The Kier molecular flexibility index (Phi) is 9.95. The number of aromatic hydroxyl groups is 2. The third kappa shape index (κ3) is 8.08. The first kappa shape index (κ1) is 21.6. The van der Waals surface area contributed by atoms with Crippen LogP contribution < -0.4 is 10.2 Å². The van der Waals surface area contributed by atoms with Crippen molar-refractivity contribution in [3.63, 3.8) is 0 Å². The summed E-state index contributed by atoms with van der Waals surface area (Å²) in [5.41, 5.74) is 0. The van der Waals surface area contributed by atoms with Gasteiger partial charge in [-0.1, -0.05) is 6.92 Å². The van der Waals surface area contributed by atoms with Crippen LogP contribution in [-0.4, -0.2) is 66.6 Å². The highest BCUT2D eigenvalue weighted by Gasteiger charge is 2.13. The Morgan fingerprint density at radius 2 is 1.92 bits per heavy atom. The number of aromatic nitrogens is 1. The average Bonchev–Trinajstić information content (AvgIpc) is 2.93. The summed E-state index contributed by atoms with van der Waals surface area (Å²) in [5.74, 6) is -1.38. The number of methoxy groups -OCH3 is 1. The van der Waals surface area contributed by atoms with Gasteiger partial charge in [0, 0.05) is 32.4 Å². The fraction of sp³-hybridized carbons (Fsp3) is 0.625. The van der Waals surface area contributed by atoms with Crippen LogP contribution in [0, 0.1) is 0 Å². The van der Waals surface area contributed by atoms with Crippen molar-refractivity contribution in [1.29, 1.82) is 0 Å². The van der Waals surface area contributed by atoms with E-state index in [0.717, 1.165) is 0 Å². The molecule has 148 valence electrons. The Morgan fingerprint density at radius 1 is 1.23 bits per heavy atom. The van der Waals surface area contributed by atoms with E-state index in [2.05, 4.69) is 5.32 Å². The second-order valence-corrected chi connectivity index (χ2v) is 5.33. The van der Waals surface area contributed by atoms with Crippen LogP contribution >= 0.6 is 0 Å². The van der Waals surface area contributed by atoms with E-state index in [-0.39, 0.29) is 37.5 Å². The van der Waals surface area contributed by atoms with Crippen LogP contribution in [0.3, 0.4) is 0 Å². The Morgan fingerprint density at radius 3 is 2.54 bits per heavy atom. The van der Waals surface area contributed by atoms with Gasteiger partial charge in [0.25, 0.3) is 0 Å². The Bertz CT molecular complexity index is 541. The van der Waals surface area contributed by atoms with Gasteiger partial charge in [-0.05, 0) is 12.8 Å². The lowest BCUT2D eigenvalue weighted by Crippen LogP contribution is -2.31. The van der Waals surface area contributed by atoms with Crippen molar-refractivity contribution in [2.45, 2.75) is 32.3 Å². The van der Waals surface area contributed by atoms with Gasteiger partial charge in [-0.2, -0.15) is 0 Å². The molecule has 10 heteroatoms. The molecule has 0 bridgehead atoms. The van der Waals surface area contributed by atoms with Gasteiger partial charge in [0.05, 0.1) is 19.1 Å². The maximum atomic E-state index is 11.7. The van der Waals surface area contributed by atoms with Gasteiger partial charge in [-0.25, -0.2) is 9.59 Å². The molecule has 0 aliphatic heterocycles. The second-order valence-electron chi connectivity index (χ2n) is 5.33. The molecule has 26 heavy (non-hydrogen) atoms. The predicted octanol–water partition coefficient (Wildman–Crippen LogP) is 0.802. The molecule has 0 saturated heterocycles. The zero-order chi connectivity index (χ0) is 19.4. The molecule has 1 rings (SSSR count). The molecule has 3 N–H and O–H groups in total. The monoisotopic (exact) mass is 374 g/mol. The van der Waals surface area contributed by atoms with E-state index in [9.17, 15) is 19.8 Å². The lowest BCUT2D eigenvalue weighted by Gasteiger charge is -2.16. The molecule has 1 aromatic rings. The minimum atomic E-state index is -0.628. The van der Waals surface area contributed by atoms with Crippen LogP contribution in [0.15, 0.2) is 12.1 Å². The van der Waals surface area contributed by atoms with Crippen molar-refractivity contribution in [3.05, 3.63) is 12.1 Å². The molecular formula is C16H26N2O8. The van der Waals surface area contributed by atoms with Gasteiger partial charge in [-0.3, -0.25) is 0 Å². The molecule has 0 radical (unpaired) electrons. The van der Waals surface area contributed by atoms with Gasteiger partial charge in [0.1, 0.15) is 6.61 Å². The van der Waals surface area contributed by atoms with E-state index >= 15 is 0 Å². The molecule has 0 fully saturated rings. The summed E-state index contributed by atoms with van der Waals surface area (Å²) in [5, 5.41) is 21.3. The smallest absolute Gasteiger partial charge is 0.407 e. The van der Waals surface area contributed by atoms with Gasteiger partial charge in [0.15, 0.2) is 0 Å². The quantitative estimate of drug-likeness (QED) is 0.458. The zero-order valence-electron chi connectivity index (χ0n) is 15.0. The van der Waals surface area contributed by atoms with E-state index in [1.165, 1.54) is 19.2 Å². The highest BCUT2D eigenvalue weighted by Crippen LogP contribution is 2.18. The Labute approximate surface area is 151 Å². The molecule has 1 amide bonds. The van der Waals surface area contributed by atoms with Crippen LogP contribution in [-0.2, 0) is 19.0 Å². The van der Waals surface area contributed by atoms with Gasteiger partial charge < -0.3 is 34.6 Å². The number of ether oxygens (including phenoxy) is 3. The topological polar surface area (TPSA) is 128 Å². The number of carbonyl (C=O) groups is 2. The third-order valence-corrected chi connectivity index (χ3v) is 3.30. The zero-order valence-corrected chi connectivity index (χ0v) is 15.0. The molecule has 1 heterocycles. The van der Waals surface area contributed by atoms with Crippen LogP contribution in [0.2, 0.25) is 0 Å². The number of carbonyl (C=O) groups excluding carboxylic acids is 2. The molecule has 10 nitrogen and oxygen atoms in total. The highest BCUT2D eigenvalue weighted by molar-refractivity contribution is 5.69. The minimum Gasteiger partial charge on any atom is -0.492 e. The Balaban J connectivity index is 2.18. The first-order valence-corrected chi connectivity index (χ1v) is 8.29. The molecule has 0 saturated carbocycles. The first-order valence-electron chi connectivity index (χ1n) is 8.29.